The van der Waals surface area contributed by atoms with Crippen LogP contribution in [0.15, 0.2) is 53.6 Å². The highest BCUT2D eigenvalue weighted by Crippen LogP contribution is 2.32. The lowest BCUT2D eigenvalue weighted by molar-refractivity contribution is -0.137. The monoisotopic (exact) mass is 431 g/mol. The number of alkyl halides is 3. The van der Waals surface area contributed by atoms with Crippen LogP contribution in [0.25, 0.3) is 0 Å². The Morgan fingerprint density at radius 1 is 1.14 bits per heavy atom. The third kappa shape index (κ3) is 6.28. The van der Waals surface area contributed by atoms with Gasteiger partial charge in [0.25, 0.3) is 5.91 Å². The number of rotatable bonds is 6. The number of carbonyl (C=O) groups excluding carboxylic acids is 1. The molecule has 1 amide bonds. The van der Waals surface area contributed by atoms with Gasteiger partial charge in [-0.2, -0.15) is 18.3 Å². The molecule has 1 N–H and O–H groups in total. The van der Waals surface area contributed by atoms with Gasteiger partial charge in [0.1, 0.15) is 12.4 Å². The number of benzene rings is 2. The fourth-order valence-electron chi connectivity index (χ4n) is 2.31. The largest absolute Gasteiger partial charge is 0.416 e. The van der Waals surface area contributed by atoms with E-state index >= 15 is 0 Å². The molecule has 29 heavy (non-hydrogen) atoms. The Labute approximate surface area is 164 Å². The summed E-state index contributed by atoms with van der Waals surface area (Å²) in [6.45, 7) is 0.759. The van der Waals surface area contributed by atoms with Gasteiger partial charge < -0.3 is 0 Å². The zero-order valence-corrected chi connectivity index (χ0v) is 16.2. The van der Waals surface area contributed by atoms with Crippen molar-refractivity contribution in [3.05, 3.63) is 65.5 Å². The summed E-state index contributed by atoms with van der Waals surface area (Å²) in [5.74, 6) is -1.32. The molecule has 2 rings (SSSR count). The van der Waals surface area contributed by atoms with Crippen molar-refractivity contribution in [3.63, 3.8) is 0 Å². The molecule has 0 saturated carbocycles. The molecule has 0 radical (unpaired) electrons. The van der Waals surface area contributed by atoms with E-state index in [1.54, 1.807) is 0 Å². The number of carbonyl (C=O) groups is 1. The maximum absolute atomic E-state index is 12.9. The van der Waals surface area contributed by atoms with Crippen LogP contribution in [-0.4, -0.2) is 32.8 Å². The third-order valence-corrected chi connectivity index (χ3v) is 4.90. The highest BCUT2D eigenvalue weighted by Gasteiger charge is 2.32. The Kier molecular flexibility index (Phi) is 6.62. The molecule has 156 valence electrons. The molecule has 0 aromatic heterocycles. The highest BCUT2D eigenvalue weighted by atomic mass is 32.2. The first-order valence-electron chi connectivity index (χ1n) is 8.12. The van der Waals surface area contributed by atoms with Crippen LogP contribution in [0.2, 0.25) is 0 Å². The highest BCUT2D eigenvalue weighted by molar-refractivity contribution is 7.92. The van der Waals surface area contributed by atoms with Crippen molar-refractivity contribution < 1.29 is 30.8 Å². The summed E-state index contributed by atoms with van der Waals surface area (Å²) in [5, 5.41) is 3.80. The fourth-order valence-corrected chi connectivity index (χ4v) is 3.15. The van der Waals surface area contributed by atoms with Crippen LogP contribution in [0.1, 0.15) is 18.1 Å². The van der Waals surface area contributed by atoms with E-state index in [1.165, 1.54) is 31.2 Å². The summed E-state index contributed by atoms with van der Waals surface area (Å²) in [7, 11) is -4.06. The summed E-state index contributed by atoms with van der Waals surface area (Å²) in [5.41, 5.74) is 1.62. The van der Waals surface area contributed by atoms with E-state index in [0.717, 1.165) is 24.5 Å². The molecule has 2 aromatic carbocycles. The van der Waals surface area contributed by atoms with E-state index < -0.39 is 40.0 Å². The normalized spacial score (nSPS) is 12.6. The van der Waals surface area contributed by atoms with Crippen molar-refractivity contribution in [2.45, 2.75) is 13.1 Å². The molecule has 0 atom stereocenters. The molecule has 0 aliphatic heterocycles. The van der Waals surface area contributed by atoms with Crippen LogP contribution < -0.4 is 9.73 Å². The van der Waals surface area contributed by atoms with E-state index in [-0.39, 0.29) is 5.69 Å². The van der Waals surface area contributed by atoms with Gasteiger partial charge >= 0.3 is 6.18 Å². The summed E-state index contributed by atoms with van der Waals surface area (Å²) >= 11 is 0. The lowest BCUT2D eigenvalue weighted by Gasteiger charge is -2.22. The molecule has 11 heteroatoms. The van der Waals surface area contributed by atoms with Gasteiger partial charge in [-0.3, -0.25) is 9.10 Å². The van der Waals surface area contributed by atoms with E-state index in [2.05, 4.69) is 10.5 Å². The number of halogens is 4. The van der Waals surface area contributed by atoms with Crippen molar-refractivity contribution in [3.8, 4) is 0 Å². The number of hydrogen-bond donors (Lipinski definition) is 1. The van der Waals surface area contributed by atoms with Gasteiger partial charge in [-0.1, -0.05) is 18.2 Å². The second-order valence-corrected chi connectivity index (χ2v) is 7.96. The molecule has 0 bridgehead atoms. The number of nitrogens with zero attached hydrogens (tertiary/aromatic N) is 2. The van der Waals surface area contributed by atoms with Crippen LogP contribution in [0.5, 0.6) is 0 Å². The topological polar surface area (TPSA) is 78.8 Å². The number of anilines is 1. The molecule has 0 saturated heterocycles. The molecule has 0 aliphatic carbocycles. The Balaban J connectivity index is 2.20. The molecule has 0 heterocycles. The van der Waals surface area contributed by atoms with Crippen LogP contribution in [0.4, 0.5) is 23.2 Å². The molecule has 0 spiro atoms. The van der Waals surface area contributed by atoms with Crippen molar-refractivity contribution in [1.29, 1.82) is 0 Å². The quantitative estimate of drug-likeness (QED) is 0.434. The van der Waals surface area contributed by atoms with Gasteiger partial charge in [-0.25, -0.2) is 18.2 Å². The first-order valence-corrected chi connectivity index (χ1v) is 9.97. The zero-order chi connectivity index (χ0) is 21.8. The summed E-state index contributed by atoms with van der Waals surface area (Å²) in [4.78, 5) is 12.1. The summed E-state index contributed by atoms with van der Waals surface area (Å²) in [6, 6.07) is 8.91. The SMILES string of the molecule is C/C(=N/NC(=O)CN(c1cccc(C(F)(F)F)c1)S(C)(=O)=O)c1ccc(F)cc1. The van der Waals surface area contributed by atoms with Gasteiger partial charge in [0.2, 0.25) is 10.0 Å². The minimum atomic E-state index is -4.67. The van der Waals surface area contributed by atoms with Crippen LogP contribution in [0, 0.1) is 5.82 Å². The second kappa shape index (κ2) is 8.60. The molecule has 2 aromatic rings. The molecule has 0 aliphatic rings. The summed E-state index contributed by atoms with van der Waals surface area (Å²) < 4.78 is 76.2. The van der Waals surface area contributed by atoms with Crippen molar-refractivity contribution >= 4 is 27.3 Å². The van der Waals surface area contributed by atoms with Crippen molar-refractivity contribution in [1.82, 2.24) is 5.43 Å². The van der Waals surface area contributed by atoms with E-state index in [4.69, 9.17) is 0 Å². The molecular weight excluding hydrogens is 414 g/mol. The first kappa shape index (κ1) is 22.3. The van der Waals surface area contributed by atoms with E-state index in [0.29, 0.717) is 21.6 Å². The van der Waals surface area contributed by atoms with Crippen LogP contribution >= 0.6 is 0 Å². The molecule has 6 nitrogen and oxygen atoms in total. The van der Waals surface area contributed by atoms with Crippen LogP contribution in [0.3, 0.4) is 0 Å². The first-order chi connectivity index (χ1) is 13.4. The Morgan fingerprint density at radius 3 is 2.31 bits per heavy atom. The maximum atomic E-state index is 12.9. The fraction of sp³-hybridized carbons (Fsp3) is 0.222. The predicted octanol–water partition coefficient (Wildman–Crippen LogP) is 3.15. The lowest BCUT2D eigenvalue weighted by atomic mass is 10.1. The van der Waals surface area contributed by atoms with Gasteiger partial charge in [0.05, 0.1) is 23.2 Å². The second-order valence-electron chi connectivity index (χ2n) is 6.06. The van der Waals surface area contributed by atoms with Crippen molar-refractivity contribution in [2.75, 3.05) is 17.1 Å². The molecule has 0 unspecified atom stereocenters. The lowest BCUT2D eigenvalue weighted by Crippen LogP contribution is -2.39. The van der Waals surface area contributed by atoms with Gasteiger partial charge in [-0.05, 0) is 42.8 Å². The Bertz CT molecular complexity index is 1020. The number of amides is 1. The molecule has 0 fully saturated rings. The summed E-state index contributed by atoms with van der Waals surface area (Å²) in [6.07, 6.45) is -3.90. The van der Waals surface area contributed by atoms with Gasteiger partial charge in [0.15, 0.2) is 0 Å². The smallest absolute Gasteiger partial charge is 0.271 e. The standard InChI is InChI=1S/C18H17F4N3O3S/c1-12(13-6-8-15(19)9-7-13)23-24-17(26)11-25(29(2,27)28)16-5-3-4-14(10-16)18(20,21)22/h3-10H,11H2,1-2H3,(H,24,26)/b23-12-. The van der Waals surface area contributed by atoms with Crippen LogP contribution in [-0.2, 0) is 21.0 Å². The number of hydrazone groups is 1. The Morgan fingerprint density at radius 2 is 1.76 bits per heavy atom. The average molecular weight is 431 g/mol. The Hall–Kier alpha value is -2.95. The third-order valence-electron chi connectivity index (χ3n) is 3.76. The number of nitrogens with one attached hydrogen (secondary N) is 1. The average Bonchev–Trinajstić information content (AvgIpc) is 2.63. The van der Waals surface area contributed by atoms with E-state index in [9.17, 15) is 30.8 Å². The number of hydrogen-bond acceptors (Lipinski definition) is 4. The predicted molar refractivity (Wildman–Crippen MR) is 100 cm³/mol. The zero-order valence-electron chi connectivity index (χ0n) is 15.4. The molecular formula is C18H17F4N3O3S. The number of sulfonamides is 1. The minimum Gasteiger partial charge on any atom is -0.271 e. The maximum Gasteiger partial charge on any atom is 0.416 e. The van der Waals surface area contributed by atoms with Gasteiger partial charge in [-0.15, -0.1) is 0 Å². The van der Waals surface area contributed by atoms with Crippen molar-refractivity contribution in [2.24, 2.45) is 5.10 Å². The van der Waals surface area contributed by atoms with Gasteiger partial charge in [0, 0.05) is 0 Å². The van der Waals surface area contributed by atoms with E-state index in [1.807, 2.05) is 0 Å². The minimum absolute atomic E-state index is 0.309.